The minimum atomic E-state index is -3.73. The monoisotopic (exact) mass is 344 g/mol. The minimum Gasteiger partial charge on any atom is -0.468 e. The van der Waals surface area contributed by atoms with Crippen LogP contribution in [-0.2, 0) is 10.0 Å². The number of hydrogen-bond acceptors (Lipinski definition) is 4. The predicted molar refractivity (Wildman–Crippen MR) is 84.8 cm³/mol. The number of furan rings is 1. The molecule has 1 heterocycles. The maximum Gasteiger partial charge on any atom is 0.241 e. The summed E-state index contributed by atoms with van der Waals surface area (Å²) in [7, 11) is -3.73. The van der Waals surface area contributed by atoms with Crippen LogP contribution >= 0.6 is 23.8 Å². The van der Waals surface area contributed by atoms with Gasteiger partial charge in [0.05, 0.1) is 22.2 Å². The molecule has 2 rings (SSSR count). The fourth-order valence-electron chi connectivity index (χ4n) is 1.76. The SMILES string of the molecule is CC(NS(=O)(=O)c1ccc(C(N)=S)c(Cl)c1)c1ccco1. The van der Waals surface area contributed by atoms with Crippen LogP contribution in [0.1, 0.15) is 24.3 Å². The normalized spacial score (nSPS) is 13.0. The molecule has 21 heavy (non-hydrogen) atoms. The molecule has 0 radical (unpaired) electrons. The van der Waals surface area contributed by atoms with E-state index in [1.807, 2.05) is 0 Å². The van der Waals surface area contributed by atoms with Gasteiger partial charge in [0, 0.05) is 5.56 Å². The number of halogens is 1. The van der Waals surface area contributed by atoms with Gasteiger partial charge in [-0.15, -0.1) is 0 Å². The third-order valence-electron chi connectivity index (χ3n) is 2.82. The van der Waals surface area contributed by atoms with Crippen LogP contribution in [0.15, 0.2) is 45.9 Å². The number of thiocarbonyl (C=S) groups is 1. The van der Waals surface area contributed by atoms with Crippen LogP contribution < -0.4 is 10.5 Å². The van der Waals surface area contributed by atoms with Gasteiger partial charge in [-0.2, -0.15) is 0 Å². The predicted octanol–water partition coefficient (Wildman–Crippen LogP) is 2.61. The van der Waals surface area contributed by atoms with E-state index in [1.165, 1.54) is 24.5 Å². The summed E-state index contributed by atoms with van der Waals surface area (Å²) in [5.74, 6) is 0.518. The Bertz CT molecular complexity index is 758. The maximum absolute atomic E-state index is 12.3. The van der Waals surface area contributed by atoms with Crippen molar-refractivity contribution in [1.29, 1.82) is 0 Å². The third-order valence-corrected chi connectivity index (χ3v) is 4.89. The van der Waals surface area contributed by atoms with Crippen LogP contribution in [0.3, 0.4) is 0 Å². The highest BCUT2D eigenvalue weighted by molar-refractivity contribution is 7.89. The molecular formula is C13H13ClN2O3S2. The number of sulfonamides is 1. The summed E-state index contributed by atoms with van der Waals surface area (Å²) >= 11 is 10.8. The molecule has 112 valence electrons. The molecule has 1 aromatic carbocycles. The van der Waals surface area contributed by atoms with Gasteiger partial charge >= 0.3 is 0 Å². The Kier molecular flexibility index (Phi) is 4.67. The Hall–Kier alpha value is -1.41. The number of benzene rings is 1. The van der Waals surface area contributed by atoms with Crippen molar-refractivity contribution in [2.24, 2.45) is 5.73 Å². The van der Waals surface area contributed by atoms with Crippen LogP contribution in [-0.4, -0.2) is 13.4 Å². The molecule has 1 aromatic heterocycles. The van der Waals surface area contributed by atoms with E-state index in [0.29, 0.717) is 11.3 Å². The van der Waals surface area contributed by atoms with Crippen molar-refractivity contribution in [3.8, 4) is 0 Å². The number of nitrogens with two attached hydrogens (primary N) is 1. The summed E-state index contributed by atoms with van der Waals surface area (Å²) in [6.45, 7) is 1.68. The van der Waals surface area contributed by atoms with Crippen molar-refractivity contribution >= 4 is 38.8 Å². The highest BCUT2D eigenvalue weighted by Crippen LogP contribution is 2.22. The van der Waals surface area contributed by atoms with Crippen LogP contribution in [0.25, 0.3) is 0 Å². The maximum atomic E-state index is 12.3. The molecule has 3 N–H and O–H groups in total. The van der Waals surface area contributed by atoms with Gasteiger partial charge in [-0.3, -0.25) is 0 Å². The summed E-state index contributed by atoms with van der Waals surface area (Å²) in [5.41, 5.74) is 5.92. The van der Waals surface area contributed by atoms with E-state index in [4.69, 9.17) is 34.0 Å². The minimum absolute atomic E-state index is 0.0332. The molecule has 0 fully saturated rings. The Morgan fingerprint density at radius 1 is 1.43 bits per heavy atom. The van der Waals surface area contributed by atoms with Crippen molar-refractivity contribution in [1.82, 2.24) is 4.72 Å². The molecule has 0 aliphatic carbocycles. The summed E-state index contributed by atoms with van der Waals surface area (Å²) < 4.78 is 32.3. The lowest BCUT2D eigenvalue weighted by Crippen LogP contribution is -2.26. The first-order valence-electron chi connectivity index (χ1n) is 5.96. The van der Waals surface area contributed by atoms with Gasteiger partial charge < -0.3 is 10.2 Å². The van der Waals surface area contributed by atoms with Gasteiger partial charge in [-0.05, 0) is 37.3 Å². The summed E-state index contributed by atoms with van der Waals surface area (Å²) in [6.07, 6.45) is 1.48. The van der Waals surface area contributed by atoms with Gasteiger partial charge in [0.25, 0.3) is 0 Å². The Balaban J connectivity index is 2.28. The van der Waals surface area contributed by atoms with Crippen LogP contribution in [0.4, 0.5) is 0 Å². The van der Waals surface area contributed by atoms with Gasteiger partial charge in [0.15, 0.2) is 0 Å². The van der Waals surface area contributed by atoms with Crippen molar-refractivity contribution in [3.05, 3.63) is 52.9 Å². The summed E-state index contributed by atoms with van der Waals surface area (Å²) in [4.78, 5) is 0.145. The van der Waals surface area contributed by atoms with Crippen molar-refractivity contribution in [3.63, 3.8) is 0 Å². The number of hydrogen-bond donors (Lipinski definition) is 2. The van der Waals surface area contributed by atoms with Crippen molar-refractivity contribution in [2.45, 2.75) is 17.9 Å². The third kappa shape index (κ3) is 3.62. The molecule has 5 nitrogen and oxygen atoms in total. The van der Waals surface area contributed by atoms with E-state index in [2.05, 4.69) is 4.72 Å². The first kappa shape index (κ1) is 16.0. The Morgan fingerprint density at radius 3 is 2.67 bits per heavy atom. The van der Waals surface area contributed by atoms with Gasteiger partial charge in [-0.1, -0.05) is 23.8 Å². The first-order valence-corrected chi connectivity index (χ1v) is 8.23. The average molecular weight is 345 g/mol. The molecule has 1 unspecified atom stereocenters. The van der Waals surface area contributed by atoms with E-state index in [-0.39, 0.29) is 14.9 Å². The number of nitrogens with one attached hydrogen (secondary N) is 1. The zero-order valence-electron chi connectivity index (χ0n) is 11.0. The van der Waals surface area contributed by atoms with Gasteiger partial charge in [-0.25, -0.2) is 13.1 Å². The van der Waals surface area contributed by atoms with E-state index < -0.39 is 16.1 Å². The van der Waals surface area contributed by atoms with Gasteiger partial charge in [0.1, 0.15) is 10.7 Å². The molecule has 8 heteroatoms. The molecule has 0 spiro atoms. The largest absolute Gasteiger partial charge is 0.468 e. The van der Waals surface area contributed by atoms with Crippen LogP contribution in [0.5, 0.6) is 0 Å². The molecule has 0 aliphatic heterocycles. The van der Waals surface area contributed by atoms with E-state index >= 15 is 0 Å². The average Bonchev–Trinajstić information content (AvgIpc) is 2.91. The Labute approximate surface area is 133 Å². The molecule has 0 saturated carbocycles. The van der Waals surface area contributed by atoms with Crippen molar-refractivity contribution < 1.29 is 12.8 Å². The molecule has 2 aromatic rings. The first-order chi connectivity index (χ1) is 9.81. The second-order valence-corrected chi connectivity index (χ2v) is 6.93. The lowest BCUT2D eigenvalue weighted by Gasteiger charge is -2.13. The highest BCUT2D eigenvalue weighted by Gasteiger charge is 2.21. The molecular weight excluding hydrogens is 332 g/mol. The smallest absolute Gasteiger partial charge is 0.241 e. The molecule has 0 aliphatic rings. The zero-order valence-corrected chi connectivity index (χ0v) is 13.4. The lowest BCUT2D eigenvalue weighted by molar-refractivity contribution is 0.459. The second-order valence-electron chi connectivity index (χ2n) is 4.36. The zero-order chi connectivity index (χ0) is 15.6. The summed E-state index contributed by atoms with van der Waals surface area (Å²) in [6, 6.07) is 7.07. The second kappa shape index (κ2) is 6.15. The lowest BCUT2D eigenvalue weighted by atomic mass is 10.2. The quantitative estimate of drug-likeness (QED) is 0.814. The highest BCUT2D eigenvalue weighted by atomic mass is 35.5. The fourth-order valence-corrected chi connectivity index (χ4v) is 3.58. The topological polar surface area (TPSA) is 85.3 Å². The number of rotatable bonds is 5. The van der Waals surface area contributed by atoms with Crippen molar-refractivity contribution in [2.75, 3.05) is 0 Å². The molecule has 0 bridgehead atoms. The fraction of sp³-hybridized carbons (Fsp3) is 0.154. The van der Waals surface area contributed by atoms with E-state index in [0.717, 1.165) is 0 Å². The molecule has 0 amide bonds. The molecule has 1 atom stereocenters. The Morgan fingerprint density at radius 2 is 2.14 bits per heavy atom. The summed E-state index contributed by atoms with van der Waals surface area (Å²) in [5, 5.41) is 0.191. The van der Waals surface area contributed by atoms with E-state index in [1.54, 1.807) is 19.1 Å². The standard InChI is InChI=1S/C13H13ClN2O3S2/c1-8(12-3-2-6-19-12)16-21(17,18)9-4-5-10(13(15)20)11(14)7-9/h2-8,16H,1H3,(H2,15,20). The van der Waals surface area contributed by atoms with E-state index in [9.17, 15) is 8.42 Å². The van der Waals surface area contributed by atoms with Crippen LogP contribution in [0, 0.1) is 0 Å². The van der Waals surface area contributed by atoms with Crippen LogP contribution in [0.2, 0.25) is 5.02 Å². The molecule has 0 saturated heterocycles. The van der Waals surface area contributed by atoms with Gasteiger partial charge in [0.2, 0.25) is 10.0 Å².